The van der Waals surface area contributed by atoms with Crippen LogP contribution in [0, 0.1) is 0 Å². The molecule has 2 saturated carbocycles. The van der Waals surface area contributed by atoms with Gasteiger partial charge in [-0.05, 0) is 115 Å². The fourth-order valence-electron chi connectivity index (χ4n) is 10.1. The summed E-state index contributed by atoms with van der Waals surface area (Å²) in [6.07, 6.45) is 19.9. The maximum atomic E-state index is 9.35. The van der Waals surface area contributed by atoms with Gasteiger partial charge in [0.1, 0.15) is 11.0 Å². The molecule has 5 N–H and O–H groups in total. The first-order chi connectivity index (χ1) is 37.3. The summed E-state index contributed by atoms with van der Waals surface area (Å²) < 4.78 is 3.59. The lowest BCUT2D eigenvalue weighted by atomic mass is 9.99. The molecule has 2 atom stereocenters. The van der Waals surface area contributed by atoms with Crippen LogP contribution in [0.2, 0.25) is 5.15 Å². The molecule has 10 rings (SSSR count). The van der Waals surface area contributed by atoms with Crippen LogP contribution in [0.1, 0.15) is 98.3 Å². The van der Waals surface area contributed by atoms with Crippen LogP contribution in [0.15, 0.2) is 134 Å². The van der Waals surface area contributed by atoms with Gasteiger partial charge in [0.05, 0.1) is 43.0 Å². The Kier molecular flexibility index (Phi) is 23.8. The number of aromatic nitrogens is 6. The summed E-state index contributed by atoms with van der Waals surface area (Å²) in [6.45, 7) is 4.16. The minimum absolute atomic E-state index is 0. The number of halogens is 1. The van der Waals surface area contributed by atoms with E-state index >= 15 is 0 Å². The number of para-hydroxylation sites is 1. The molecule has 0 aliphatic heterocycles. The van der Waals surface area contributed by atoms with Crippen LogP contribution in [-0.4, -0.2) is 118 Å². The van der Waals surface area contributed by atoms with Crippen LogP contribution in [0.25, 0.3) is 44.9 Å². The Bertz CT molecular complexity index is 3000. The second-order valence-electron chi connectivity index (χ2n) is 20.8. The first-order valence-electron chi connectivity index (χ1n) is 27.6. The molecule has 0 amide bonds. The van der Waals surface area contributed by atoms with E-state index in [1.165, 1.54) is 81.0 Å². The van der Waals surface area contributed by atoms with E-state index in [9.17, 15) is 5.11 Å². The van der Waals surface area contributed by atoms with Gasteiger partial charge < -0.3 is 36.0 Å². The third kappa shape index (κ3) is 16.0. The van der Waals surface area contributed by atoms with Crippen molar-refractivity contribution in [1.29, 1.82) is 0 Å². The zero-order chi connectivity index (χ0) is 54.8. The number of anilines is 4. The average Bonchev–Trinajstić information content (AvgIpc) is 4.11. The maximum Gasteiger partial charge on any atom is 0.154 e. The van der Waals surface area contributed by atoms with Crippen LogP contribution < -0.4 is 31.1 Å². The number of nitrogens with one attached hydrogen (secondary N) is 1. The van der Waals surface area contributed by atoms with E-state index in [2.05, 4.69) is 151 Å². The molecule has 0 bridgehead atoms. The van der Waals surface area contributed by atoms with Gasteiger partial charge in [0.2, 0.25) is 0 Å². The number of imidazole rings is 2. The molecule has 8 aromatic rings. The van der Waals surface area contributed by atoms with E-state index in [0.29, 0.717) is 5.15 Å². The fourth-order valence-corrected chi connectivity index (χ4v) is 14.2. The zero-order valence-electron chi connectivity index (χ0n) is 46.7. The number of hydrogen-bond acceptors (Lipinski definition) is 11. The van der Waals surface area contributed by atoms with Crippen molar-refractivity contribution in [3.05, 3.63) is 139 Å². The summed E-state index contributed by atoms with van der Waals surface area (Å²) in [7, 11) is 12.3. The Balaban J connectivity index is 0.000000181. The van der Waals surface area contributed by atoms with Crippen molar-refractivity contribution in [3.63, 3.8) is 0 Å². The molecule has 0 spiro atoms. The first-order valence-corrected chi connectivity index (χ1v) is 29.5. The largest absolute Gasteiger partial charge is 0.395 e. The lowest BCUT2D eigenvalue weighted by molar-refractivity contribution is 0.263. The molecule has 2 aliphatic carbocycles. The van der Waals surface area contributed by atoms with Crippen molar-refractivity contribution in [2.24, 2.45) is 5.73 Å². The summed E-state index contributed by atoms with van der Waals surface area (Å²) in [5.74, 6) is 0.729. The zero-order valence-corrected chi connectivity index (χ0v) is 48.4. The minimum Gasteiger partial charge on any atom is -0.395 e. The highest BCUT2D eigenvalue weighted by molar-refractivity contribution is 7.67. The number of nitrogens with zero attached hydrogens (tertiary/aromatic N) is 9. The molecule has 0 saturated heterocycles. The standard InChI is InChI=1S/C26H36NP.C18H23N5O.C14H13ClN4.C4H11NO.CH4/c1-27(2)25-19-11-9-17-23(25)24-18-10-12-20-26(24)28(21-13-5-3-6-14-21)22-15-7-4-8-16-22;1-4-14(12-24)20-17-9-10-18-19-11-16(23(18)21-17)13-5-7-15(8-6-13)22(2)3;1-18(2)11-5-3-10(4-6-11)12-9-16-14-8-7-13(15)17-19(12)14;1-2-4(5)3-6;/h9-12,17-22H,3-8,13-16H2,1-2H3;5-11,14,24H,4,12H2,1-3H3,(H,20,21);3-9H,1-2H3;4,6H,2-3,5H2,1H3;1H4. The normalized spacial score (nSPS) is 14.4. The molecule has 4 aromatic carbocycles. The van der Waals surface area contributed by atoms with Gasteiger partial charge >= 0.3 is 0 Å². The predicted molar refractivity (Wildman–Crippen MR) is 334 cm³/mol. The molecular formula is C63H87ClN11O2P. The van der Waals surface area contributed by atoms with Crippen LogP contribution in [-0.2, 0) is 0 Å². The van der Waals surface area contributed by atoms with Gasteiger partial charge in [-0.2, -0.15) is 5.10 Å². The van der Waals surface area contributed by atoms with Crippen LogP contribution in [0.4, 0.5) is 22.9 Å². The summed E-state index contributed by atoms with van der Waals surface area (Å²) in [4.78, 5) is 15.2. The van der Waals surface area contributed by atoms with E-state index in [1.807, 2.05) is 77.1 Å². The highest BCUT2D eigenvalue weighted by Crippen LogP contribution is 2.56. The van der Waals surface area contributed by atoms with Gasteiger partial charge in [-0.1, -0.05) is 146 Å². The highest BCUT2D eigenvalue weighted by atomic mass is 35.5. The highest BCUT2D eigenvalue weighted by Gasteiger charge is 2.34. The summed E-state index contributed by atoms with van der Waals surface area (Å²) in [5.41, 5.74) is 19.3. The smallest absolute Gasteiger partial charge is 0.154 e. The SMILES string of the molecule is C.CCC(CO)Nc1ccc2ncc(-c3ccc(N(C)C)cc3)n2n1.CCC(N)CO.CN(C)c1ccc(-c2cnc3ccc(Cl)nn23)cc1.CN(C)c1ccccc1-c1ccccc1P(C1CCCCC1)C1CCCCC1. The van der Waals surface area contributed by atoms with Crippen LogP contribution >= 0.6 is 19.5 Å². The second kappa shape index (κ2) is 30.3. The van der Waals surface area contributed by atoms with E-state index in [4.69, 9.17) is 22.4 Å². The Hall–Kier alpha value is -6.08. The first kappa shape index (κ1) is 61.1. The quantitative estimate of drug-likeness (QED) is 0.0727. The van der Waals surface area contributed by atoms with Gasteiger partial charge in [-0.3, -0.25) is 0 Å². The minimum atomic E-state index is -0.0867. The predicted octanol–water partition coefficient (Wildman–Crippen LogP) is 13.3. The molecule has 418 valence electrons. The number of benzene rings is 4. The lowest BCUT2D eigenvalue weighted by Gasteiger charge is -2.39. The molecule has 2 unspecified atom stereocenters. The van der Waals surface area contributed by atoms with Gasteiger partial charge in [0.15, 0.2) is 11.3 Å². The van der Waals surface area contributed by atoms with Crippen molar-refractivity contribution in [3.8, 4) is 33.6 Å². The molecule has 15 heteroatoms. The van der Waals surface area contributed by atoms with Crippen molar-refractivity contribution < 1.29 is 10.2 Å². The number of aliphatic hydroxyl groups excluding tert-OH is 2. The molecule has 13 nitrogen and oxygen atoms in total. The number of nitrogens with two attached hydrogens (primary N) is 1. The number of rotatable bonds is 15. The summed E-state index contributed by atoms with van der Waals surface area (Å²) in [6, 6.07) is 42.4. The van der Waals surface area contributed by atoms with E-state index in [-0.39, 0.29) is 40.6 Å². The Morgan fingerprint density at radius 2 is 1.08 bits per heavy atom. The Morgan fingerprint density at radius 1 is 0.590 bits per heavy atom. The lowest BCUT2D eigenvalue weighted by Crippen LogP contribution is -2.27. The summed E-state index contributed by atoms with van der Waals surface area (Å²) in [5, 5.41) is 31.9. The number of aliphatic hydroxyl groups is 2. The molecule has 4 aromatic heterocycles. The van der Waals surface area contributed by atoms with Crippen molar-refractivity contribution in [2.75, 3.05) is 75.5 Å². The topological polar surface area (TPSA) is 149 Å². The maximum absolute atomic E-state index is 9.35. The van der Waals surface area contributed by atoms with E-state index in [1.54, 1.807) is 15.9 Å². The van der Waals surface area contributed by atoms with Gasteiger partial charge in [0.25, 0.3) is 0 Å². The van der Waals surface area contributed by atoms with Crippen LogP contribution in [0.5, 0.6) is 0 Å². The fraction of sp³-hybridized carbons (Fsp3) is 0.429. The Labute approximate surface area is 471 Å². The third-order valence-corrected chi connectivity index (χ3v) is 18.4. The number of fused-ring (bicyclic) bond motifs is 2. The van der Waals surface area contributed by atoms with E-state index < -0.39 is 0 Å². The Morgan fingerprint density at radius 3 is 1.54 bits per heavy atom. The number of hydrogen-bond donors (Lipinski definition) is 4. The molecule has 0 radical (unpaired) electrons. The molecular weight excluding hydrogens is 1010 g/mol. The van der Waals surface area contributed by atoms with Crippen molar-refractivity contribution >= 4 is 59.0 Å². The molecule has 2 fully saturated rings. The van der Waals surface area contributed by atoms with E-state index in [0.717, 1.165) is 75.2 Å². The van der Waals surface area contributed by atoms with Crippen molar-refractivity contribution in [1.82, 2.24) is 29.2 Å². The van der Waals surface area contributed by atoms with Crippen LogP contribution in [0.3, 0.4) is 0 Å². The average molecular weight is 1100 g/mol. The van der Waals surface area contributed by atoms with Gasteiger partial charge in [0, 0.05) is 82.1 Å². The third-order valence-electron chi connectivity index (χ3n) is 14.7. The molecule has 4 heterocycles. The van der Waals surface area contributed by atoms with Gasteiger partial charge in [-0.15, -0.1) is 5.10 Å². The summed E-state index contributed by atoms with van der Waals surface area (Å²) >= 11 is 5.94. The second-order valence-corrected chi connectivity index (χ2v) is 23.9. The monoisotopic (exact) mass is 1100 g/mol. The molecule has 2 aliphatic rings. The van der Waals surface area contributed by atoms with Gasteiger partial charge in [-0.25, -0.2) is 19.0 Å². The van der Waals surface area contributed by atoms with Crippen molar-refractivity contribution in [2.45, 2.75) is 122 Å². The molecule has 78 heavy (non-hydrogen) atoms.